The second-order valence-electron chi connectivity index (χ2n) is 6.30. The SMILES string of the molecule is Oc1ccc(-c2c3c(nn2-c2ccccc2)-c2ccccc2C3)cc1. The van der Waals surface area contributed by atoms with Crippen molar-refractivity contribution in [2.75, 3.05) is 0 Å². The fourth-order valence-electron chi connectivity index (χ4n) is 3.60. The lowest BCUT2D eigenvalue weighted by molar-refractivity contribution is 0.475. The molecule has 4 aromatic rings. The standard InChI is InChI=1S/C22H16N2O/c25-18-12-10-15(11-13-18)22-20-14-16-6-4-5-9-19(16)21(20)23-24(22)17-7-2-1-3-8-17/h1-13,25H,14H2. The Morgan fingerprint density at radius 2 is 1.52 bits per heavy atom. The number of phenolic OH excluding ortho intramolecular Hbond substituents is 1. The van der Waals surface area contributed by atoms with Crippen molar-refractivity contribution in [3.05, 3.63) is 90.0 Å². The van der Waals surface area contributed by atoms with E-state index >= 15 is 0 Å². The first-order chi connectivity index (χ1) is 12.3. The largest absolute Gasteiger partial charge is 0.508 e. The summed E-state index contributed by atoms with van der Waals surface area (Å²) in [5, 5.41) is 14.6. The van der Waals surface area contributed by atoms with Crippen LogP contribution in [0.2, 0.25) is 0 Å². The summed E-state index contributed by atoms with van der Waals surface area (Å²) in [5.41, 5.74) is 8.03. The van der Waals surface area contributed by atoms with Crippen LogP contribution in [0.15, 0.2) is 78.9 Å². The number of rotatable bonds is 2. The molecule has 0 fully saturated rings. The Bertz CT molecular complexity index is 1060. The van der Waals surface area contributed by atoms with Gasteiger partial charge in [0.05, 0.1) is 17.1 Å². The summed E-state index contributed by atoms with van der Waals surface area (Å²) in [6.45, 7) is 0. The minimum absolute atomic E-state index is 0.273. The minimum Gasteiger partial charge on any atom is -0.508 e. The van der Waals surface area contributed by atoms with Crippen molar-refractivity contribution in [3.8, 4) is 34.0 Å². The third-order valence-corrected chi connectivity index (χ3v) is 4.76. The van der Waals surface area contributed by atoms with Crippen LogP contribution in [-0.4, -0.2) is 14.9 Å². The highest BCUT2D eigenvalue weighted by molar-refractivity contribution is 5.82. The molecule has 25 heavy (non-hydrogen) atoms. The molecule has 3 nitrogen and oxygen atoms in total. The second-order valence-corrected chi connectivity index (χ2v) is 6.30. The molecule has 1 aromatic heterocycles. The Hall–Kier alpha value is -3.33. The van der Waals surface area contributed by atoms with Crippen molar-refractivity contribution in [1.29, 1.82) is 0 Å². The summed E-state index contributed by atoms with van der Waals surface area (Å²) >= 11 is 0. The van der Waals surface area contributed by atoms with E-state index in [4.69, 9.17) is 5.10 Å². The number of hydrogen-bond donors (Lipinski definition) is 1. The quantitative estimate of drug-likeness (QED) is 0.506. The topological polar surface area (TPSA) is 38.1 Å². The third-order valence-electron chi connectivity index (χ3n) is 4.76. The maximum atomic E-state index is 9.65. The van der Waals surface area contributed by atoms with E-state index in [2.05, 4.69) is 36.4 Å². The van der Waals surface area contributed by atoms with E-state index in [1.807, 2.05) is 35.0 Å². The molecule has 0 bridgehead atoms. The molecule has 0 unspecified atom stereocenters. The van der Waals surface area contributed by atoms with Gasteiger partial charge in [0.15, 0.2) is 0 Å². The molecule has 0 amide bonds. The summed E-state index contributed by atoms with van der Waals surface area (Å²) in [7, 11) is 0. The zero-order valence-electron chi connectivity index (χ0n) is 13.6. The van der Waals surface area contributed by atoms with Gasteiger partial charge in [-0.15, -0.1) is 0 Å². The number of nitrogens with zero attached hydrogens (tertiary/aromatic N) is 2. The number of fused-ring (bicyclic) bond motifs is 3. The van der Waals surface area contributed by atoms with Crippen LogP contribution < -0.4 is 0 Å². The number of phenols is 1. The molecule has 0 radical (unpaired) electrons. The molecule has 0 saturated heterocycles. The normalized spacial score (nSPS) is 12.0. The summed E-state index contributed by atoms with van der Waals surface area (Å²) in [6, 6.07) is 26.0. The van der Waals surface area contributed by atoms with E-state index in [0.29, 0.717) is 0 Å². The maximum absolute atomic E-state index is 9.65. The number of benzene rings is 3. The highest BCUT2D eigenvalue weighted by Gasteiger charge is 2.28. The van der Waals surface area contributed by atoms with Crippen molar-refractivity contribution in [3.63, 3.8) is 0 Å². The van der Waals surface area contributed by atoms with E-state index in [1.165, 1.54) is 16.7 Å². The molecule has 0 spiro atoms. The van der Waals surface area contributed by atoms with Crippen molar-refractivity contribution in [2.24, 2.45) is 0 Å². The van der Waals surface area contributed by atoms with Crippen molar-refractivity contribution < 1.29 is 5.11 Å². The van der Waals surface area contributed by atoms with Gasteiger partial charge in [0.2, 0.25) is 0 Å². The molecule has 0 atom stereocenters. The summed E-state index contributed by atoms with van der Waals surface area (Å²) in [4.78, 5) is 0. The molecule has 1 aliphatic rings. The molecule has 1 heterocycles. The first kappa shape index (κ1) is 14.1. The van der Waals surface area contributed by atoms with Gasteiger partial charge in [0, 0.05) is 23.1 Å². The minimum atomic E-state index is 0.273. The lowest BCUT2D eigenvalue weighted by Crippen LogP contribution is -2.01. The summed E-state index contributed by atoms with van der Waals surface area (Å²) < 4.78 is 2.02. The molecule has 0 saturated carbocycles. The molecule has 3 aromatic carbocycles. The average molecular weight is 324 g/mol. The van der Waals surface area contributed by atoms with Crippen LogP contribution in [-0.2, 0) is 6.42 Å². The summed E-state index contributed by atoms with van der Waals surface area (Å²) in [5.74, 6) is 0.273. The fourth-order valence-corrected chi connectivity index (χ4v) is 3.60. The van der Waals surface area contributed by atoms with Gasteiger partial charge in [0.1, 0.15) is 5.75 Å². The van der Waals surface area contributed by atoms with Crippen LogP contribution in [0.1, 0.15) is 11.1 Å². The number of aromatic nitrogens is 2. The van der Waals surface area contributed by atoms with E-state index in [1.54, 1.807) is 12.1 Å². The van der Waals surface area contributed by atoms with Crippen LogP contribution in [0, 0.1) is 0 Å². The molecule has 1 N–H and O–H groups in total. The number of hydrogen-bond acceptors (Lipinski definition) is 2. The van der Waals surface area contributed by atoms with Gasteiger partial charge >= 0.3 is 0 Å². The predicted octanol–water partition coefficient (Wildman–Crippen LogP) is 4.82. The van der Waals surface area contributed by atoms with Crippen LogP contribution in [0.3, 0.4) is 0 Å². The molecular formula is C22H16N2O. The first-order valence-corrected chi connectivity index (χ1v) is 8.36. The Morgan fingerprint density at radius 3 is 2.32 bits per heavy atom. The van der Waals surface area contributed by atoms with Gasteiger partial charge < -0.3 is 5.11 Å². The smallest absolute Gasteiger partial charge is 0.115 e. The second kappa shape index (κ2) is 5.35. The summed E-state index contributed by atoms with van der Waals surface area (Å²) in [6.07, 6.45) is 0.883. The zero-order valence-corrected chi connectivity index (χ0v) is 13.6. The third kappa shape index (κ3) is 2.17. The lowest BCUT2D eigenvalue weighted by Gasteiger charge is -2.10. The van der Waals surface area contributed by atoms with E-state index < -0.39 is 0 Å². The molecule has 3 heteroatoms. The van der Waals surface area contributed by atoms with E-state index in [-0.39, 0.29) is 5.75 Å². The van der Waals surface area contributed by atoms with Gasteiger partial charge in [-0.3, -0.25) is 0 Å². The van der Waals surface area contributed by atoms with E-state index in [0.717, 1.165) is 29.1 Å². The average Bonchev–Trinajstić information content (AvgIpc) is 3.19. The molecule has 0 aliphatic heterocycles. The number of aromatic hydroxyl groups is 1. The monoisotopic (exact) mass is 324 g/mol. The molecule has 120 valence electrons. The Labute approximate surface area is 145 Å². The van der Waals surface area contributed by atoms with Crippen molar-refractivity contribution in [1.82, 2.24) is 9.78 Å². The van der Waals surface area contributed by atoms with Gasteiger partial charge in [-0.25, -0.2) is 4.68 Å². The predicted molar refractivity (Wildman–Crippen MR) is 98.9 cm³/mol. The highest BCUT2D eigenvalue weighted by atomic mass is 16.3. The highest BCUT2D eigenvalue weighted by Crippen LogP contribution is 2.42. The Morgan fingerprint density at radius 1 is 0.800 bits per heavy atom. The van der Waals surface area contributed by atoms with Crippen LogP contribution in [0.5, 0.6) is 5.75 Å². The van der Waals surface area contributed by atoms with Crippen LogP contribution in [0.25, 0.3) is 28.2 Å². The van der Waals surface area contributed by atoms with Crippen LogP contribution >= 0.6 is 0 Å². The van der Waals surface area contributed by atoms with Gasteiger partial charge in [-0.2, -0.15) is 5.10 Å². The lowest BCUT2D eigenvalue weighted by atomic mass is 10.0. The first-order valence-electron chi connectivity index (χ1n) is 8.36. The van der Waals surface area contributed by atoms with Crippen molar-refractivity contribution >= 4 is 0 Å². The zero-order chi connectivity index (χ0) is 16.8. The molecule has 5 rings (SSSR count). The van der Waals surface area contributed by atoms with E-state index in [9.17, 15) is 5.11 Å². The maximum Gasteiger partial charge on any atom is 0.115 e. The van der Waals surface area contributed by atoms with Crippen molar-refractivity contribution in [2.45, 2.75) is 6.42 Å². The van der Waals surface area contributed by atoms with Gasteiger partial charge in [-0.05, 0) is 42.0 Å². The molecule has 1 aliphatic carbocycles. The Balaban J connectivity index is 1.79. The van der Waals surface area contributed by atoms with Crippen LogP contribution in [0.4, 0.5) is 0 Å². The number of para-hydroxylation sites is 1. The fraction of sp³-hybridized carbons (Fsp3) is 0.0455. The van der Waals surface area contributed by atoms with Gasteiger partial charge in [0.25, 0.3) is 0 Å². The molecular weight excluding hydrogens is 308 g/mol. The Kier molecular flexibility index (Phi) is 3.01. The van der Waals surface area contributed by atoms with Gasteiger partial charge in [-0.1, -0.05) is 42.5 Å².